The number of carbonyl (C=O) groups excluding carboxylic acids is 1. The Balaban J connectivity index is 1.84. The maximum atomic E-state index is 12.7. The second-order valence-corrected chi connectivity index (χ2v) is 5.18. The van der Waals surface area contributed by atoms with Gasteiger partial charge in [-0.05, 0) is 23.8 Å². The fourth-order valence-electron chi connectivity index (χ4n) is 2.20. The van der Waals surface area contributed by atoms with Crippen molar-refractivity contribution in [3.8, 4) is 11.1 Å². The largest absolute Gasteiger partial charge is 0.434 e. The lowest BCUT2D eigenvalue weighted by Gasteiger charge is -2.06. The Kier molecular flexibility index (Phi) is 4.22. The van der Waals surface area contributed by atoms with E-state index in [0.717, 1.165) is 21.9 Å². The Hall–Kier alpha value is -3.23. The molecule has 0 aliphatic heterocycles. The van der Waals surface area contributed by atoms with Gasteiger partial charge in [-0.3, -0.25) is 9.78 Å². The molecule has 128 valence electrons. The van der Waals surface area contributed by atoms with Gasteiger partial charge in [0.25, 0.3) is 5.91 Å². The van der Waals surface area contributed by atoms with Crippen molar-refractivity contribution in [2.24, 2.45) is 7.05 Å². The second-order valence-electron chi connectivity index (χ2n) is 5.18. The van der Waals surface area contributed by atoms with Crippen LogP contribution < -0.4 is 5.32 Å². The first-order valence-corrected chi connectivity index (χ1v) is 7.13. The van der Waals surface area contributed by atoms with Crippen molar-refractivity contribution in [2.75, 3.05) is 5.32 Å². The molecule has 0 aromatic carbocycles. The van der Waals surface area contributed by atoms with Gasteiger partial charge >= 0.3 is 6.18 Å². The average Bonchev–Trinajstić information content (AvgIpc) is 2.98. The lowest BCUT2D eigenvalue weighted by molar-refractivity contribution is -0.140. The third-order valence-electron chi connectivity index (χ3n) is 3.37. The summed E-state index contributed by atoms with van der Waals surface area (Å²) in [6, 6.07) is 6.93. The number of nitrogens with one attached hydrogen (secondary N) is 1. The van der Waals surface area contributed by atoms with E-state index in [1.807, 2.05) is 6.07 Å². The molecule has 0 aliphatic carbocycles. The van der Waals surface area contributed by atoms with Crippen molar-refractivity contribution in [3.05, 3.63) is 60.6 Å². The van der Waals surface area contributed by atoms with Gasteiger partial charge < -0.3 is 9.88 Å². The van der Waals surface area contributed by atoms with E-state index in [4.69, 9.17) is 0 Å². The van der Waals surface area contributed by atoms with Crippen LogP contribution in [0.15, 0.2) is 49.1 Å². The summed E-state index contributed by atoms with van der Waals surface area (Å²) in [6.07, 6.45) is 0.905. The Bertz CT molecular complexity index is 906. The molecule has 0 bridgehead atoms. The number of anilines is 1. The zero-order valence-electron chi connectivity index (χ0n) is 12.9. The minimum atomic E-state index is -4.62. The molecule has 0 fully saturated rings. The maximum absolute atomic E-state index is 12.7. The van der Waals surface area contributed by atoms with E-state index in [1.54, 1.807) is 30.6 Å². The van der Waals surface area contributed by atoms with Gasteiger partial charge in [0, 0.05) is 37.4 Å². The molecule has 3 aromatic rings. The normalized spacial score (nSPS) is 11.4. The number of aryl methyl sites for hydroxylation is 1. The molecule has 0 saturated carbocycles. The first-order chi connectivity index (χ1) is 11.8. The van der Waals surface area contributed by atoms with Crippen molar-refractivity contribution >= 4 is 11.7 Å². The van der Waals surface area contributed by atoms with Crippen LogP contribution >= 0.6 is 0 Å². The lowest BCUT2D eigenvalue weighted by atomic mass is 10.1. The Labute approximate surface area is 140 Å². The number of hydrogen-bond donors (Lipinski definition) is 1. The van der Waals surface area contributed by atoms with Gasteiger partial charge in [0.05, 0.1) is 0 Å². The van der Waals surface area contributed by atoms with Crippen molar-refractivity contribution in [1.82, 2.24) is 19.5 Å². The quantitative estimate of drug-likeness (QED) is 0.790. The number of amides is 1. The Morgan fingerprint density at radius 1 is 1.20 bits per heavy atom. The number of aromatic nitrogens is 4. The van der Waals surface area contributed by atoms with Crippen LogP contribution in [-0.4, -0.2) is 25.4 Å². The number of imidazole rings is 1. The molecule has 0 spiro atoms. The fourth-order valence-corrected chi connectivity index (χ4v) is 2.20. The molecule has 0 atom stereocenters. The van der Waals surface area contributed by atoms with E-state index in [9.17, 15) is 18.0 Å². The van der Waals surface area contributed by atoms with Crippen LogP contribution in [0.3, 0.4) is 0 Å². The first kappa shape index (κ1) is 16.6. The van der Waals surface area contributed by atoms with Crippen molar-refractivity contribution in [2.45, 2.75) is 6.18 Å². The highest BCUT2D eigenvalue weighted by Crippen LogP contribution is 2.28. The van der Waals surface area contributed by atoms with Gasteiger partial charge in [0.1, 0.15) is 5.82 Å². The number of rotatable bonds is 3. The minimum absolute atomic E-state index is 0.197. The van der Waals surface area contributed by atoms with Gasteiger partial charge in [-0.25, -0.2) is 9.97 Å². The summed E-state index contributed by atoms with van der Waals surface area (Å²) in [5, 5.41) is 2.45. The summed E-state index contributed by atoms with van der Waals surface area (Å²) in [4.78, 5) is 23.6. The summed E-state index contributed by atoms with van der Waals surface area (Å²) in [6.45, 7) is 0. The van der Waals surface area contributed by atoms with Gasteiger partial charge in [0.15, 0.2) is 11.5 Å². The highest BCUT2D eigenvalue weighted by Gasteiger charge is 2.35. The molecule has 0 aliphatic rings. The summed E-state index contributed by atoms with van der Waals surface area (Å²) < 4.78 is 39.1. The molecule has 0 radical (unpaired) electrons. The van der Waals surface area contributed by atoms with Crippen molar-refractivity contribution < 1.29 is 18.0 Å². The average molecular weight is 347 g/mol. The topological polar surface area (TPSA) is 72.7 Å². The minimum Gasteiger partial charge on any atom is -0.329 e. The SMILES string of the molecule is Cn1cc(C(F)(F)F)nc1C(=O)Nc1cc(-c2cccnc2)ccn1. The summed E-state index contributed by atoms with van der Waals surface area (Å²) in [7, 11) is 1.32. The summed E-state index contributed by atoms with van der Waals surface area (Å²) >= 11 is 0. The molecule has 3 aromatic heterocycles. The van der Waals surface area contributed by atoms with Crippen LogP contribution in [0.4, 0.5) is 19.0 Å². The van der Waals surface area contributed by atoms with Crippen LogP contribution in [0, 0.1) is 0 Å². The molecule has 3 heterocycles. The molecule has 3 rings (SSSR count). The third-order valence-corrected chi connectivity index (χ3v) is 3.37. The molecule has 0 unspecified atom stereocenters. The van der Waals surface area contributed by atoms with E-state index in [2.05, 4.69) is 20.3 Å². The molecular formula is C16H12F3N5O. The van der Waals surface area contributed by atoms with E-state index < -0.39 is 17.8 Å². The number of halogens is 3. The van der Waals surface area contributed by atoms with Crippen LogP contribution in [0.5, 0.6) is 0 Å². The predicted octanol–water partition coefficient (Wildman–Crippen LogP) is 3.15. The van der Waals surface area contributed by atoms with E-state index in [0.29, 0.717) is 0 Å². The number of alkyl halides is 3. The van der Waals surface area contributed by atoms with Gasteiger partial charge in [-0.1, -0.05) is 6.07 Å². The molecule has 0 saturated heterocycles. The zero-order chi connectivity index (χ0) is 18.0. The standard InChI is InChI=1S/C16H12F3N5O/c1-24-9-12(16(17,18)19)22-14(24)15(25)23-13-7-10(4-6-21-13)11-3-2-5-20-8-11/h2-9H,1H3,(H,21,23,25). The zero-order valence-corrected chi connectivity index (χ0v) is 12.9. The molecule has 6 nitrogen and oxygen atoms in total. The molecule has 1 N–H and O–H groups in total. The first-order valence-electron chi connectivity index (χ1n) is 7.13. The summed E-state index contributed by atoms with van der Waals surface area (Å²) in [5.74, 6) is -0.947. The Morgan fingerprint density at radius 3 is 2.64 bits per heavy atom. The van der Waals surface area contributed by atoms with Crippen LogP contribution in [0.1, 0.15) is 16.3 Å². The van der Waals surface area contributed by atoms with Crippen LogP contribution in [0.25, 0.3) is 11.1 Å². The molecule has 1 amide bonds. The number of pyridine rings is 2. The molecule has 25 heavy (non-hydrogen) atoms. The molecular weight excluding hydrogens is 335 g/mol. The maximum Gasteiger partial charge on any atom is 0.434 e. The lowest BCUT2D eigenvalue weighted by Crippen LogP contribution is -2.17. The predicted molar refractivity (Wildman–Crippen MR) is 83.6 cm³/mol. The fraction of sp³-hybridized carbons (Fsp3) is 0.125. The van der Waals surface area contributed by atoms with Crippen LogP contribution in [-0.2, 0) is 13.2 Å². The van der Waals surface area contributed by atoms with Crippen molar-refractivity contribution in [3.63, 3.8) is 0 Å². The third kappa shape index (κ3) is 3.65. The van der Waals surface area contributed by atoms with Gasteiger partial charge in [-0.15, -0.1) is 0 Å². The number of hydrogen-bond acceptors (Lipinski definition) is 4. The van der Waals surface area contributed by atoms with E-state index in [-0.39, 0.29) is 11.6 Å². The number of carbonyl (C=O) groups is 1. The van der Waals surface area contributed by atoms with E-state index >= 15 is 0 Å². The van der Waals surface area contributed by atoms with E-state index in [1.165, 1.54) is 13.2 Å². The highest BCUT2D eigenvalue weighted by atomic mass is 19.4. The smallest absolute Gasteiger partial charge is 0.329 e. The molecule has 9 heteroatoms. The van der Waals surface area contributed by atoms with Crippen LogP contribution in [0.2, 0.25) is 0 Å². The van der Waals surface area contributed by atoms with Gasteiger partial charge in [-0.2, -0.15) is 13.2 Å². The Morgan fingerprint density at radius 2 is 2.00 bits per heavy atom. The van der Waals surface area contributed by atoms with Crippen molar-refractivity contribution in [1.29, 1.82) is 0 Å². The second kappa shape index (κ2) is 6.34. The highest BCUT2D eigenvalue weighted by molar-refractivity contribution is 6.01. The van der Waals surface area contributed by atoms with Gasteiger partial charge in [0.2, 0.25) is 0 Å². The number of nitrogens with zero attached hydrogens (tertiary/aromatic N) is 4. The monoisotopic (exact) mass is 347 g/mol. The summed E-state index contributed by atoms with van der Waals surface area (Å²) in [5.41, 5.74) is 0.447.